The average molecular weight is 317 g/mol. The quantitative estimate of drug-likeness (QED) is 0.830. The molecule has 0 N–H and O–H groups in total. The van der Waals surface area contributed by atoms with Crippen molar-refractivity contribution in [2.24, 2.45) is 11.8 Å². The maximum Gasteiger partial charge on any atom is 0.146 e. The van der Waals surface area contributed by atoms with Crippen molar-refractivity contribution in [3.63, 3.8) is 0 Å². The summed E-state index contributed by atoms with van der Waals surface area (Å²) in [4.78, 5) is 7.44. The van der Waals surface area contributed by atoms with E-state index >= 15 is 0 Å². The van der Waals surface area contributed by atoms with Crippen LogP contribution in [-0.2, 0) is 0 Å². The minimum absolute atomic E-state index is 0.0674. The van der Waals surface area contributed by atoms with Gasteiger partial charge in [0.1, 0.15) is 5.82 Å². The lowest BCUT2D eigenvalue weighted by Crippen LogP contribution is -2.45. The fraction of sp³-hybridized carbons (Fsp3) is 0.684. The van der Waals surface area contributed by atoms with Crippen LogP contribution in [-0.4, -0.2) is 62.2 Å². The molecule has 0 saturated carbocycles. The summed E-state index contributed by atoms with van der Waals surface area (Å²) in [5.74, 6) is 1.70. The first-order chi connectivity index (χ1) is 11.1. The van der Waals surface area contributed by atoms with Crippen molar-refractivity contribution in [1.82, 2.24) is 9.80 Å². The van der Waals surface area contributed by atoms with Crippen LogP contribution in [0.5, 0.6) is 0 Å². The topological polar surface area (TPSA) is 9.72 Å². The third-order valence-corrected chi connectivity index (χ3v) is 6.12. The Hall–Kier alpha value is -1.13. The SMILES string of the molecule is Cc1ccc(N2CCC(N3CC4CN(C)CC4C3)CC2)c(F)c1. The minimum Gasteiger partial charge on any atom is -0.369 e. The number of aryl methyl sites for hydroxylation is 1. The van der Waals surface area contributed by atoms with Gasteiger partial charge in [-0.15, -0.1) is 0 Å². The van der Waals surface area contributed by atoms with E-state index in [0.29, 0.717) is 6.04 Å². The molecule has 0 bridgehead atoms. The van der Waals surface area contributed by atoms with Crippen molar-refractivity contribution in [1.29, 1.82) is 0 Å². The second kappa shape index (κ2) is 6.06. The van der Waals surface area contributed by atoms with E-state index in [0.717, 1.165) is 36.2 Å². The highest BCUT2D eigenvalue weighted by molar-refractivity contribution is 5.49. The Balaban J connectivity index is 1.35. The number of benzene rings is 1. The summed E-state index contributed by atoms with van der Waals surface area (Å²) in [6, 6.07) is 6.32. The zero-order valence-electron chi connectivity index (χ0n) is 14.3. The van der Waals surface area contributed by atoms with E-state index in [1.165, 1.54) is 39.0 Å². The van der Waals surface area contributed by atoms with Crippen molar-refractivity contribution in [3.8, 4) is 0 Å². The third-order valence-electron chi connectivity index (χ3n) is 6.12. The Labute approximate surface area is 139 Å². The number of anilines is 1. The molecule has 0 spiro atoms. The first-order valence-electron chi connectivity index (χ1n) is 9.04. The van der Waals surface area contributed by atoms with E-state index in [-0.39, 0.29) is 5.82 Å². The molecule has 3 saturated heterocycles. The van der Waals surface area contributed by atoms with Crippen molar-refractivity contribution in [3.05, 3.63) is 29.6 Å². The minimum atomic E-state index is -0.0674. The fourth-order valence-corrected chi connectivity index (χ4v) is 4.90. The van der Waals surface area contributed by atoms with E-state index in [1.807, 2.05) is 19.1 Å². The van der Waals surface area contributed by atoms with E-state index in [1.54, 1.807) is 6.07 Å². The normalized spacial score (nSPS) is 30.1. The van der Waals surface area contributed by atoms with E-state index < -0.39 is 0 Å². The number of nitrogens with zero attached hydrogens (tertiary/aromatic N) is 3. The van der Waals surface area contributed by atoms with Gasteiger partial charge in [0.25, 0.3) is 0 Å². The summed E-state index contributed by atoms with van der Waals surface area (Å²) < 4.78 is 14.2. The predicted molar refractivity (Wildman–Crippen MR) is 92.4 cm³/mol. The second-order valence-corrected chi connectivity index (χ2v) is 7.87. The van der Waals surface area contributed by atoms with Crippen LogP contribution in [0.3, 0.4) is 0 Å². The summed E-state index contributed by atoms with van der Waals surface area (Å²) in [6.45, 7) is 9.01. The van der Waals surface area contributed by atoms with Gasteiger partial charge in [0, 0.05) is 45.3 Å². The fourth-order valence-electron chi connectivity index (χ4n) is 4.90. The molecule has 3 nitrogen and oxygen atoms in total. The monoisotopic (exact) mass is 317 g/mol. The summed E-state index contributed by atoms with van der Waals surface area (Å²) in [6.07, 6.45) is 2.34. The van der Waals surface area contributed by atoms with Gasteiger partial charge in [-0.3, -0.25) is 4.90 Å². The van der Waals surface area contributed by atoms with Crippen LogP contribution in [0.2, 0.25) is 0 Å². The number of rotatable bonds is 2. The van der Waals surface area contributed by atoms with Crippen molar-refractivity contribution in [2.75, 3.05) is 51.2 Å². The molecular formula is C19H28FN3. The highest BCUT2D eigenvalue weighted by Crippen LogP contribution is 2.34. The van der Waals surface area contributed by atoms with Crippen LogP contribution in [0, 0.1) is 24.6 Å². The molecule has 4 heteroatoms. The van der Waals surface area contributed by atoms with Crippen LogP contribution in [0.15, 0.2) is 18.2 Å². The van der Waals surface area contributed by atoms with Crippen molar-refractivity contribution < 1.29 is 4.39 Å². The number of hydrogen-bond donors (Lipinski definition) is 0. The number of halogens is 1. The van der Waals surface area contributed by atoms with Crippen LogP contribution < -0.4 is 4.90 Å². The van der Waals surface area contributed by atoms with Gasteiger partial charge in [-0.2, -0.15) is 0 Å². The number of fused-ring (bicyclic) bond motifs is 1. The van der Waals surface area contributed by atoms with Crippen LogP contribution in [0.25, 0.3) is 0 Å². The zero-order valence-corrected chi connectivity index (χ0v) is 14.3. The molecule has 4 rings (SSSR count). The standard InChI is InChI=1S/C19H28FN3/c1-14-3-4-19(18(20)9-14)22-7-5-17(6-8-22)23-12-15-10-21(2)11-16(15)13-23/h3-4,9,15-17H,5-8,10-13H2,1-2H3. The molecule has 3 aliphatic heterocycles. The lowest BCUT2D eigenvalue weighted by molar-refractivity contribution is 0.183. The average Bonchev–Trinajstić information content (AvgIpc) is 3.05. The number of likely N-dealkylation sites (tertiary alicyclic amines) is 2. The van der Waals surface area contributed by atoms with Crippen molar-refractivity contribution >= 4 is 5.69 Å². The lowest BCUT2D eigenvalue weighted by Gasteiger charge is -2.38. The summed E-state index contributed by atoms with van der Waals surface area (Å²) >= 11 is 0. The largest absolute Gasteiger partial charge is 0.369 e. The molecule has 126 valence electrons. The Bertz CT molecular complexity index is 554. The summed E-state index contributed by atoms with van der Waals surface area (Å²) in [7, 11) is 2.25. The van der Waals surface area contributed by atoms with Gasteiger partial charge in [0.05, 0.1) is 5.69 Å². The maximum absolute atomic E-state index is 14.2. The molecule has 0 aromatic heterocycles. The van der Waals surface area contributed by atoms with Gasteiger partial charge in [0.2, 0.25) is 0 Å². The van der Waals surface area contributed by atoms with Gasteiger partial charge in [-0.05, 0) is 56.3 Å². The molecule has 0 amide bonds. The molecular weight excluding hydrogens is 289 g/mol. The molecule has 23 heavy (non-hydrogen) atoms. The third kappa shape index (κ3) is 2.99. The van der Waals surface area contributed by atoms with Crippen LogP contribution >= 0.6 is 0 Å². The Morgan fingerprint density at radius 1 is 1.00 bits per heavy atom. The van der Waals surface area contributed by atoms with E-state index in [9.17, 15) is 4.39 Å². The second-order valence-electron chi connectivity index (χ2n) is 7.87. The van der Waals surface area contributed by atoms with Gasteiger partial charge in [-0.1, -0.05) is 6.07 Å². The van der Waals surface area contributed by atoms with Crippen LogP contribution in [0.4, 0.5) is 10.1 Å². The first-order valence-corrected chi connectivity index (χ1v) is 9.04. The Kier molecular flexibility index (Phi) is 4.06. The molecule has 3 heterocycles. The number of piperidine rings is 1. The van der Waals surface area contributed by atoms with Gasteiger partial charge in [-0.25, -0.2) is 4.39 Å². The van der Waals surface area contributed by atoms with Crippen LogP contribution in [0.1, 0.15) is 18.4 Å². The Morgan fingerprint density at radius 2 is 1.65 bits per heavy atom. The highest BCUT2D eigenvalue weighted by atomic mass is 19.1. The highest BCUT2D eigenvalue weighted by Gasteiger charge is 2.41. The molecule has 1 aromatic rings. The molecule has 3 aliphatic rings. The van der Waals surface area contributed by atoms with Gasteiger partial charge >= 0.3 is 0 Å². The summed E-state index contributed by atoms with van der Waals surface area (Å²) in [5, 5.41) is 0. The van der Waals surface area contributed by atoms with Gasteiger partial charge in [0.15, 0.2) is 0 Å². The molecule has 0 radical (unpaired) electrons. The molecule has 2 atom stereocenters. The Morgan fingerprint density at radius 3 is 2.26 bits per heavy atom. The van der Waals surface area contributed by atoms with E-state index in [4.69, 9.17) is 0 Å². The lowest BCUT2D eigenvalue weighted by atomic mass is 10.0. The predicted octanol–water partition coefficient (Wildman–Crippen LogP) is 2.60. The molecule has 2 unspecified atom stereocenters. The molecule has 0 aliphatic carbocycles. The number of hydrogen-bond acceptors (Lipinski definition) is 3. The smallest absolute Gasteiger partial charge is 0.146 e. The van der Waals surface area contributed by atoms with E-state index in [2.05, 4.69) is 21.7 Å². The van der Waals surface area contributed by atoms with Gasteiger partial charge < -0.3 is 9.80 Å². The zero-order chi connectivity index (χ0) is 16.0. The first kappa shape index (κ1) is 15.4. The molecule has 1 aromatic carbocycles. The summed E-state index contributed by atoms with van der Waals surface area (Å²) in [5.41, 5.74) is 1.78. The van der Waals surface area contributed by atoms with Crippen molar-refractivity contribution in [2.45, 2.75) is 25.8 Å². The molecule has 3 fully saturated rings. The maximum atomic E-state index is 14.2.